The molecule has 1 aliphatic heterocycles. The average Bonchev–Trinajstić information content (AvgIpc) is 2.65. The molecule has 0 saturated carbocycles. The molecule has 1 aromatic rings. The molecule has 1 aliphatic rings. The van der Waals surface area contributed by atoms with Crippen molar-refractivity contribution in [3.63, 3.8) is 0 Å². The molecule has 0 aromatic heterocycles. The number of likely N-dealkylation sites (tertiary alicyclic amines) is 1. The van der Waals surface area contributed by atoms with E-state index < -0.39 is 11.7 Å². The number of halogens is 4. The fourth-order valence-electron chi connectivity index (χ4n) is 3.38. The molecule has 0 spiro atoms. The van der Waals surface area contributed by atoms with Gasteiger partial charge >= 0.3 is 6.18 Å². The first-order valence-corrected chi connectivity index (χ1v) is 9.75. The van der Waals surface area contributed by atoms with Crippen LogP contribution < -0.4 is 10.6 Å². The van der Waals surface area contributed by atoms with Gasteiger partial charge in [-0.25, -0.2) is 0 Å². The third-order valence-corrected chi connectivity index (χ3v) is 5.02. The lowest BCUT2D eigenvalue weighted by molar-refractivity contribution is -0.137. The minimum absolute atomic E-state index is 0. The highest BCUT2D eigenvalue weighted by Gasteiger charge is 2.29. The maximum atomic E-state index is 12.6. The summed E-state index contributed by atoms with van der Waals surface area (Å²) in [5.74, 6) is 1.41. The van der Waals surface area contributed by atoms with Gasteiger partial charge in [-0.2, -0.15) is 13.2 Å². The number of nitrogens with zero attached hydrogens (tertiary/aromatic N) is 2. The monoisotopic (exact) mass is 512 g/mol. The molecule has 0 atom stereocenters. The zero-order chi connectivity index (χ0) is 19.7. The van der Waals surface area contributed by atoms with Gasteiger partial charge in [0.05, 0.1) is 5.56 Å². The number of nitrogens with one attached hydrogen (secondary N) is 2. The SMILES string of the molecule is CCCN1CCC(CNC(=NC)NCCc2ccc(C(F)(F)F)cc2)CC1.I. The first-order valence-electron chi connectivity index (χ1n) is 9.75. The van der Waals surface area contributed by atoms with Crippen molar-refractivity contribution < 1.29 is 13.2 Å². The quantitative estimate of drug-likeness (QED) is 0.328. The van der Waals surface area contributed by atoms with Crippen molar-refractivity contribution in [2.24, 2.45) is 10.9 Å². The number of guanidine groups is 1. The molecule has 0 unspecified atom stereocenters. The summed E-state index contributed by atoms with van der Waals surface area (Å²) in [6, 6.07) is 5.33. The summed E-state index contributed by atoms with van der Waals surface area (Å²) in [6.45, 7) is 7.27. The first-order chi connectivity index (χ1) is 12.9. The molecule has 2 N–H and O–H groups in total. The van der Waals surface area contributed by atoms with Gasteiger partial charge < -0.3 is 15.5 Å². The van der Waals surface area contributed by atoms with Crippen molar-refractivity contribution in [3.05, 3.63) is 35.4 Å². The molecule has 0 amide bonds. The van der Waals surface area contributed by atoms with Crippen molar-refractivity contribution in [1.29, 1.82) is 0 Å². The zero-order valence-corrected chi connectivity index (χ0v) is 19.0. The highest BCUT2D eigenvalue weighted by Crippen LogP contribution is 2.29. The smallest absolute Gasteiger partial charge is 0.356 e. The molecule has 1 saturated heterocycles. The van der Waals surface area contributed by atoms with Crippen molar-refractivity contribution in [2.45, 2.75) is 38.8 Å². The van der Waals surface area contributed by atoms with E-state index >= 15 is 0 Å². The van der Waals surface area contributed by atoms with Crippen LogP contribution in [0.5, 0.6) is 0 Å². The van der Waals surface area contributed by atoms with Crippen LogP contribution in [0.25, 0.3) is 0 Å². The largest absolute Gasteiger partial charge is 0.416 e. The van der Waals surface area contributed by atoms with Crippen LogP contribution in [-0.4, -0.2) is 50.6 Å². The summed E-state index contributed by atoms with van der Waals surface area (Å²) in [6.07, 6.45) is -0.0207. The Kier molecular flexibility index (Phi) is 11.2. The molecular formula is C20H32F3IN4. The molecule has 1 heterocycles. The van der Waals surface area contributed by atoms with E-state index in [9.17, 15) is 13.2 Å². The normalized spacial score (nSPS) is 16.5. The van der Waals surface area contributed by atoms with Gasteiger partial charge in [0.25, 0.3) is 0 Å². The molecule has 160 valence electrons. The van der Waals surface area contributed by atoms with Crippen LogP contribution >= 0.6 is 24.0 Å². The van der Waals surface area contributed by atoms with E-state index in [-0.39, 0.29) is 24.0 Å². The second-order valence-electron chi connectivity index (χ2n) is 7.11. The Balaban J connectivity index is 0.00000392. The molecule has 0 bridgehead atoms. The van der Waals surface area contributed by atoms with Crippen molar-refractivity contribution in [2.75, 3.05) is 39.8 Å². The van der Waals surface area contributed by atoms with E-state index in [2.05, 4.69) is 27.4 Å². The Morgan fingerprint density at radius 1 is 1.14 bits per heavy atom. The van der Waals surface area contributed by atoms with Gasteiger partial charge in [0, 0.05) is 20.1 Å². The van der Waals surface area contributed by atoms with E-state index in [0.29, 0.717) is 18.9 Å². The number of hydrogen-bond acceptors (Lipinski definition) is 2. The minimum atomic E-state index is -4.28. The number of benzene rings is 1. The third kappa shape index (κ3) is 8.55. The summed E-state index contributed by atoms with van der Waals surface area (Å²) < 4.78 is 37.7. The molecule has 0 radical (unpaired) electrons. The Hall–Kier alpha value is -1.03. The number of hydrogen-bond donors (Lipinski definition) is 2. The second-order valence-corrected chi connectivity index (χ2v) is 7.11. The topological polar surface area (TPSA) is 39.7 Å². The lowest BCUT2D eigenvalue weighted by atomic mass is 9.97. The number of aliphatic imine (C=N–C) groups is 1. The third-order valence-electron chi connectivity index (χ3n) is 5.02. The van der Waals surface area contributed by atoms with E-state index in [4.69, 9.17) is 0 Å². The van der Waals surface area contributed by atoms with Crippen LogP contribution in [0.3, 0.4) is 0 Å². The highest BCUT2D eigenvalue weighted by molar-refractivity contribution is 14.0. The molecule has 1 fully saturated rings. The van der Waals surface area contributed by atoms with Gasteiger partial charge in [-0.3, -0.25) is 4.99 Å². The standard InChI is InChI=1S/C20H31F3N4.HI/c1-3-12-27-13-9-17(10-14-27)15-26-19(24-2)25-11-8-16-4-6-18(7-5-16)20(21,22)23;/h4-7,17H,3,8-15H2,1-2H3,(H2,24,25,26);1H. The van der Waals surface area contributed by atoms with Crippen LogP contribution in [0.15, 0.2) is 29.3 Å². The summed E-state index contributed by atoms with van der Waals surface area (Å²) in [4.78, 5) is 6.75. The van der Waals surface area contributed by atoms with E-state index in [1.165, 1.54) is 51.0 Å². The predicted octanol–water partition coefficient (Wildman–Crippen LogP) is 4.15. The fraction of sp³-hybridized carbons (Fsp3) is 0.650. The van der Waals surface area contributed by atoms with Crippen LogP contribution in [0, 0.1) is 5.92 Å². The Morgan fingerprint density at radius 3 is 2.32 bits per heavy atom. The van der Waals surface area contributed by atoms with Gasteiger partial charge in [-0.05, 0) is 68.9 Å². The highest BCUT2D eigenvalue weighted by atomic mass is 127. The first kappa shape index (κ1) is 25.0. The van der Waals surface area contributed by atoms with Gasteiger partial charge in [-0.1, -0.05) is 19.1 Å². The average molecular weight is 512 g/mol. The second kappa shape index (κ2) is 12.5. The van der Waals surface area contributed by atoms with Gasteiger partial charge in [-0.15, -0.1) is 24.0 Å². The lowest BCUT2D eigenvalue weighted by Gasteiger charge is -2.32. The molecule has 28 heavy (non-hydrogen) atoms. The van der Waals surface area contributed by atoms with Gasteiger partial charge in [0.15, 0.2) is 5.96 Å². The molecule has 4 nitrogen and oxygen atoms in total. The summed E-state index contributed by atoms with van der Waals surface area (Å²) in [5, 5.41) is 6.61. The van der Waals surface area contributed by atoms with Gasteiger partial charge in [0.1, 0.15) is 0 Å². The Morgan fingerprint density at radius 2 is 1.79 bits per heavy atom. The Bertz CT molecular complexity index is 582. The van der Waals surface area contributed by atoms with Gasteiger partial charge in [0.2, 0.25) is 0 Å². The minimum Gasteiger partial charge on any atom is -0.356 e. The van der Waals surface area contributed by atoms with E-state index in [0.717, 1.165) is 30.2 Å². The van der Waals surface area contributed by atoms with Crippen molar-refractivity contribution in [3.8, 4) is 0 Å². The van der Waals surface area contributed by atoms with E-state index in [1.807, 2.05) is 0 Å². The Labute approximate surface area is 183 Å². The summed E-state index contributed by atoms with van der Waals surface area (Å²) >= 11 is 0. The van der Waals surface area contributed by atoms with Crippen molar-refractivity contribution >= 4 is 29.9 Å². The summed E-state index contributed by atoms with van der Waals surface area (Å²) in [5.41, 5.74) is 0.260. The zero-order valence-electron chi connectivity index (χ0n) is 16.7. The maximum absolute atomic E-state index is 12.6. The number of alkyl halides is 3. The molecular weight excluding hydrogens is 480 g/mol. The van der Waals surface area contributed by atoms with Crippen LogP contribution in [0.4, 0.5) is 13.2 Å². The predicted molar refractivity (Wildman–Crippen MR) is 119 cm³/mol. The van der Waals surface area contributed by atoms with Crippen LogP contribution in [0.2, 0.25) is 0 Å². The van der Waals surface area contributed by atoms with Crippen LogP contribution in [0.1, 0.15) is 37.3 Å². The van der Waals surface area contributed by atoms with Crippen molar-refractivity contribution in [1.82, 2.24) is 15.5 Å². The maximum Gasteiger partial charge on any atom is 0.416 e. The number of rotatable bonds is 7. The molecule has 8 heteroatoms. The van der Waals surface area contributed by atoms with E-state index in [1.54, 1.807) is 7.05 Å². The molecule has 2 rings (SSSR count). The molecule has 1 aromatic carbocycles. The lowest BCUT2D eigenvalue weighted by Crippen LogP contribution is -2.43. The summed E-state index contributed by atoms with van der Waals surface area (Å²) in [7, 11) is 1.73. The fourth-order valence-corrected chi connectivity index (χ4v) is 3.38. The van der Waals surface area contributed by atoms with Crippen LogP contribution in [-0.2, 0) is 12.6 Å². The number of piperidine rings is 1. The molecule has 0 aliphatic carbocycles.